The van der Waals surface area contributed by atoms with E-state index in [4.69, 9.17) is 14.6 Å². The molecule has 0 amide bonds. The maximum atomic E-state index is 9.74. The molecular weight excluding hydrogens is 352 g/mol. The Hall–Kier alpha value is -2.94. The first kappa shape index (κ1) is 17.9. The largest absolute Gasteiger partial charge is 0.454 e. The average molecular weight is 368 g/mol. The number of rotatable bonds is 6. The molecule has 1 aromatic carbocycles. The van der Waals surface area contributed by atoms with E-state index in [2.05, 4.69) is 22.4 Å². The maximum absolute atomic E-state index is 9.74. The highest BCUT2D eigenvalue weighted by molar-refractivity contribution is 7.99. The first-order chi connectivity index (χ1) is 12.7. The zero-order valence-corrected chi connectivity index (χ0v) is 14.9. The molecule has 0 saturated heterocycles. The molecule has 1 aliphatic heterocycles. The Bertz CT molecular complexity index is 918. The fourth-order valence-electron chi connectivity index (χ4n) is 2.66. The highest BCUT2D eigenvalue weighted by atomic mass is 32.2. The van der Waals surface area contributed by atoms with Crippen molar-refractivity contribution in [2.24, 2.45) is 0 Å². The van der Waals surface area contributed by atoms with E-state index in [1.807, 2.05) is 6.92 Å². The van der Waals surface area contributed by atoms with Gasteiger partial charge in [-0.2, -0.15) is 10.5 Å². The maximum Gasteiger partial charge on any atom is 0.231 e. The van der Waals surface area contributed by atoms with Gasteiger partial charge in [-0.05, 0) is 24.6 Å². The second-order valence-electron chi connectivity index (χ2n) is 5.28. The lowest BCUT2D eigenvalue weighted by Crippen LogP contribution is -2.07. The van der Waals surface area contributed by atoms with E-state index in [1.165, 1.54) is 11.8 Å². The summed E-state index contributed by atoms with van der Waals surface area (Å²) >= 11 is 1.28. The molecule has 2 heterocycles. The van der Waals surface area contributed by atoms with Crippen LogP contribution in [-0.2, 0) is 0 Å². The van der Waals surface area contributed by atoms with Crippen LogP contribution in [0.1, 0.15) is 18.1 Å². The Balaban J connectivity index is 2.25. The van der Waals surface area contributed by atoms with Gasteiger partial charge < -0.3 is 19.9 Å². The Morgan fingerprint density at radius 3 is 2.69 bits per heavy atom. The fourth-order valence-corrected chi connectivity index (χ4v) is 3.39. The topological polar surface area (TPSA) is 111 Å². The van der Waals surface area contributed by atoms with Crippen molar-refractivity contribution in [2.75, 3.05) is 31.0 Å². The predicted molar refractivity (Wildman–Crippen MR) is 97.2 cm³/mol. The molecule has 0 atom stereocenters. The van der Waals surface area contributed by atoms with Crippen LogP contribution in [0.2, 0.25) is 0 Å². The number of nitrogens with zero attached hydrogens (tertiary/aromatic N) is 3. The summed E-state index contributed by atoms with van der Waals surface area (Å²) in [6.07, 6.45) is 0. The minimum atomic E-state index is -0.0346. The van der Waals surface area contributed by atoms with Crippen molar-refractivity contribution in [1.82, 2.24) is 4.98 Å². The highest BCUT2D eigenvalue weighted by Gasteiger charge is 2.23. The molecule has 7 nitrogen and oxygen atoms in total. The lowest BCUT2D eigenvalue weighted by atomic mass is 9.96. The number of fused-ring (bicyclic) bond motifs is 1. The van der Waals surface area contributed by atoms with Crippen molar-refractivity contribution in [3.05, 3.63) is 29.3 Å². The van der Waals surface area contributed by atoms with Gasteiger partial charge in [0.2, 0.25) is 6.79 Å². The summed E-state index contributed by atoms with van der Waals surface area (Å²) in [5.41, 5.74) is 1.78. The monoisotopic (exact) mass is 368 g/mol. The molecule has 1 aromatic heterocycles. The quantitative estimate of drug-likeness (QED) is 0.749. The Morgan fingerprint density at radius 1 is 1.23 bits per heavy atom. The van der Waals surface area contributed by atoms with Crippen molar-refractivity contribution in [3.8, 4) is 34.8 Å². The van der Waals surface area contributed by atoms with Crippen molar-refractivity contribution >= 4 is 17.6 Å². The highest BCUT2D eigenvalue weighted by Crippen LogP contribution is 2.41. The zero-order valence-electron chi connectivity index (χ0n) is 14.1. The number of hydrogen-bond donors (Lipinski definition) is 2. The molecule has 2 N–H and O–H groups in total. The first-order valence-corrected chi connectivity index (χ1v) is 8.97. The summed E-state index contributed by atoms with van der Waals surface area (Å²) in [5.74, 6) is 2.02. The second kappa shape index (κ2) is 7.96. The number of thioether (sulfide) groups is 1. The van der Waals surface area contributed by atoms with Gasteiger partial charge in [0.25, 0.3) is 0 Å². The molecule has 0 bridgehead atoms. The second-order valence-corrected chi connectivity index (χ2v) is 6.37. The number of nitrogens with one attached hydrogen (secondary N) is 1. The number of aromatic nitrogens is 1. The molecule has 132 valence electrons. The number of aliphatic hydroxyl groups excluding tert-OH is 1. The predicted octanol–water partition coefficient (Wildman–Crippen LogP) is 2.74. The van der Waals surface area contributed by atoms with Gasteiger partial charge in [-0.25, -0.2) is 4.98 Å². The van der Waals surface area contributed by atoms with Crippen LogP contribution in [0.5, 0.6) is 11.5 Å². The zero-order chi connectivity index (χ0) is 18.5. The Morgan fingerprint density at radius 2 is 2.00 bits per heavy atom. The van der Waals surface area contributed by atoms with E-state index >= 15 is 0 Å². The van der Waals surface area contributed by atoms with E-state index in [0.717, 1.165) is 0 Å². The number of hydrogen-bond acceptors (Lipinski definition) is 8. The smallest absolute Gasteiger partial charge is 0.231 e. The van der Waals surface area contributed by atoms with Gasteiger partial charge in [0, 0.05) is 17.9 Å². The van der Waals surface area contributed by atoms with Gasteiger partial charge in [0.05, 0.1) is 12.2 Å². The van der Waals surface area contributed by atoms with E-state index < -0.39 is 0 Å². The van der Waals surface area contributed by atoms with Crippen LogP contribution in [-0.4, -0.2) is 35.8 Å². The Labute approximate surface area is 155 Å². The molecule has 1 aliphatic rings. The number of benzene rings is 1. The van der Waals surface area contributed by atoms with Gasteiger partial charge >= 0.3 is 0 Å². The third-order valence-electron chi connectivity index (χ3n) is 3.72. The molecule has 2 aromatic rings. The summed E-state index contributed by atoms with van der Waals surface area (Å²) in [4.78, 5) is 4.44. The normalized spacial score (nSPS) is 11.7. The lowest BCUT2D eigenvalue weighted by molar-refractivity contribution is 0.174. The van der Waals surface area contributed by atoms with Gasteiger partial charge in [0.1, 0.15) is 28.5 Å². The van der Waals surface area contributed by atoms with Gasteiger partial charge in [-0.15, -0.1) is 11.8 Å². The van der Waals surface area contributed by atoms with Crippen LogP contribution >= 0.6 is 11.8 Å². The van der Waals surface area contributed by atoms with Gasteiger partial charge in [-0.1, -0.05) is 6.07 Å². The average Bonchev–Trinajstić information content (AvgIpc) is 3.13. The molecule has 3 rings (SSSR count). The lowest BCUT2D eigenvalue weighted by Gasteiger charge is -2.15. The van der Waals surface area contributed by atoms with Crippen molar-refractivity contribution < 1.29 is 14.6 Å². The van der Waals surface area contributed by atoms with E-state index in [1.54, 1.807) is 18.2 Å². The summed E-state index contributed by atoms with van der Waals surface area (Å²) in [6, 6.07) is 9.64. The van der Waals surface area contributed by atoms with E-state index in [-0.39, 0.29) is 13.4 Å². The molecule has 0 aliphatic carbocycles. The van der Waals surface area contributed by atoms with Crippen LogP contribution < -0.4 is 14.8 Å². The minimum absolute atomic E-state index is 0.0346. The molecule has 8 heteroatoms. The van der Waals surface area contributed by atoms with Crippen LogP contribution in [0.15, 0.2) is 23.2 Å². The SMILES string of the molecule is CCNc1nc(SCCO)c(C#N)c(-c2ccc3c(c2)OCO3)c1C#N. The molecule has 0 unspecified atom stereocenters. The van der Waals surface area contributed by atoms with Gasteiger partial charge in [0.15, 0.2) is 11.5 Å². The molecule has 0 fully saturated rings. The summed E-state index contributed by atoms with van der Waals surface area (Å²) in [7, 11) is 0. The summed E-state index contributed by atoms with van der Waals surface area (Å²) in [5, 5.41) is 32.2. The number of anilines is 1. The summed E-state index contributed by atoms with van der Waals surface area (Å²) in [6.45, 7) is 2.60. The van der Waals surface area contributed by atoms with Crippen molar-refractivity contribution in [3.63, 3.8) is 0 Å². The number of aliphatic hydroxyl groups is 1. The first-order valence-electron chi connectivity index (χ1n) is 7.99. The Kier molecular flexibility index (Phi) is 5.47. The molecular formula is C18H16N4O3S. The standard InChI is InChI=1S/C18H16N4O3S/c1-2-21-17-12(8-19)16(13(9-20)18(22-17)26-6-5-23)11-3-4-14-15(7-11)25-10-24-14/h3-4,7,23H,2,5-6,10H2,1H3,(H,21,22). The molecule has 0 spiro atoms. The van der Waals surface area contributed by atoms with Crippen molar-refractivity contribution in [1.29, 1.82) is 10.5 Å². The third kappa shape index (κ3) is 3.25. The summed E-state index contributed by atoms with van der Waals surface area (Å²) < 4.78 is 10.8. The fraction of sp³-hybridized carbons (Fsp3) is 0.278. The van der Waals surface area contributed by atoms with Gasteiger partial charge in [-0.3, -0.25) is 0 Å². The van der Waals surface area contributed by atoms with Crippen LogP contribution in [0.4, 0.5) is 5.82 Å². The number of nitriles is 2. The van der Waals surface area contributed by atoms with Crippen LogP contribution in [0.25, 0.3) is 11.1 Å². The third-order valence-corrected chi connectivity index (χ3v) is 4.68. The molecule has 0 radical (unpaired) electrons. The van der Waals surface area contributed by atoms with Crippen LogP contribution in [0, 0.1) is 22.7 Å². The molecule has 26 heavy (non-hydrogen) atoms. The van der Waals surface area contributed by atoms with Crippen molar-refractivity contribution in [2.45, 2.75) is 11.9 Å². The van der Waals surface area contributed by atoms with E-state index in [9.17, 15) is 10.5 Å². The molecule has 0 saturated carbocycles. The number of ether oxygens (including phenoxy) is 2. The minimum Gasteiger partial charge on any atom is -0.454 e. The van der Waals surface area contributed by atoms with E-state index in [0.29, 0.717) is 56.9 Å². The van der Waals surface area contributed by atoms with Crippen LogP contribution in [0.3, 0.4) is 0 Å². The number of pyridine rings is 1.